The fourth-order valence-electron chi connectivity index (χ4n) is 2.87. The maximum absolute atomic E-state index is 12.6. The molecule has 0 spiro atoms. The van der Waals surface area contributed by atoms with Crippen molar-refractivity contribution in [3.05, 3.63) is 40.0 Å². The first-order valence-corrected chi connectivity index (χ1v) is 9.36. The number of nitrogens with one attached hydrogen (secondary N) is 1. The van der Waals surface area contributed by atoms with Gasteiger partial charge in [0, 0.05) is 19.3 Å². The summed E-state index contributed by atoms with van der Waals surface area (Å²) in [7, 11) is 0. The van der Waals surface area contributed by atoms with E-state index in [9.17, 15) is 9.59 Å². The number of carbonyl (C=O) groups excluding carboxylic acids is 2. The highest BCUT2D eigenvalue weighted by Gasteiger charge is 2.29. The number of hydrogen-bond donors (Lipinski definition) is 1. The van der Waals surface area contributed by atoms with Gasteiger partial charge in [0.1, 0.15) is 10.7 Å². The Bertz CT molecular complexity index is 757. The van der Waals surface area contributed by atoms with Crippen LogP contribution in [0.2, 0.25) is 0 Å². The van der Waals surface area contributed by atoms with E-state index < -0.39 is 0 Å². The summed E-state index contributed by atoms with van der Waals surface area (Å²) in [6, 6.07) is 3.71. The van der Waals surface area contributed by atoms with Crippen molar-refractivity contribution in [3.63, 3.8) is 0 Å². The Morgan fingerprint density at radius 3 is 2.84 bits per heavy atom. The molecule has 1 N–H and O–H groups in total. The molecule has 2 amide bonds. The van der Waals surface area contributed by atoms with Gasteiger partial charge in [-0.15, -0.1) is 11.3 Å². The van der Waals surface area contributed by atoms with Gasteiger partial charge in [-0.25, -0.2) is 9.97 Å². The zero-order valence-corrected chi connectivity index (χ0v) is 15.3. The van der Waals surface area contributed by atoms with Crippen molar-refractivity contribution >= 4 is 29.0 Å². The zero-order valence-electron chi connectivity index (χ0n) is 14.5. The van der Waals surface area contributed by atoms with Crippen LogP contribution >= 0.6 is 11.3 Å². The van der Waals surface area contributed by atoms with Gasteiger partial charge in [0.25, 0.3) is 5.91 Å². The highest BCUT2D eigenvalue weighted by molar-refractivity contribution is 7.13. The van der Waals surface area contributed by atoms with Crippen molar-refractivity contribution < 1.29 is 9.59 Å². The Balaban J connectivity index is 1.62. The van der Waals surface area contributed by atoms with Crippen molar-refractivity contribution in [3.8, 4) is 0 Å². The van der Waals surface area contributed by atoms with Gasteiger partial charge < -0.3 is 10.2 Å². The number of piperidine rings is 1. The molecule has 1 aliphatic rings. The highest BCUT2D eigenvalue weighted by Crippen LogP contribution is 2.22. The lowest BCUT2D eigenvalue weighted by Crippen LogP contribution is -2.43. The molecule has 1 fully saturated rings. The van der Waals surface area contributed by atoms with E-state index in [0.717, 1.165) is 29.8 Å². The molecule has 1 saturated heterocycles. The summed E-state index contributed by atoms with van der Waals surface area (Å²) in [5, 5.41) is 3.81. The fourth-order valence-corrected chi connectivity index (χ4v) is 3.70. The molecule has 2 aromatic heterocycles. The number of thiazole rings is 1. The van der Waals surface area contributed by atoms with E-state index in [-0.39, 0.29) is 17.7 Å². The molecule has 1 aliphatic heterocycles. The van der Waals surface area contributed by atoms with Gasteiger partial charge in [0.15, 0.2) is 0 Å². The van der Waals surface area contributed by atoms with Crippen LogP contribution in [0.5, 0.6) is 0 Å². The summed E-state index contributed by atoms with van der Waals surface area (Å²) >= 11 is 1.44. The molecule has 1 unspecified atom stereocenters. The van der Waals surface area contributed by atoms with Crippen LogP contribution in [0.4, 0.5) is 5.82 Å². The summed E-state index contributed by atoms with van der Waals surface area (Å²) in [5.74, 6) is 0.240. The third-order valence-electron chi connectivity index (χ3n) is 4.31. The standard InChI is InChI=1S/C18H22N4O2S/c1-3-16-20-10-14(25-16)18(24)22-8-4-5-13(11-22)17(23)21-15-7-6-12(2)9-19-15/h6-7,9-10,13H,3-5,8,11H2,1-2H3,(H,19,21,23). The molecule has 3 heterocycles. The van der Waals surface area contributed by atoms with Crippen LogP contribution in [-0.2, 0) is 11.2 Å². The average Bonchev–Trinajstić information content (AvgIpc) is 3.12. The number of aromatic nitrogens is 2. The molecule has 1 atom stereocenters. The van der Waals surface area contributed by atoms with Crippen LogP contribution in [0.1, 0.15) is 40.0 Å². The molecular weight excluding hydrogens is 336 g/mol. The minimum absolute atomic E-state index is 0.0249. The third-order valence-corrected chi connectivity index (χ3v) is 5.44. The molecule has 0 radical (unpaired) electrons. The molecule has 0 aromatic carbocycles. The van der Waals surface area contributed by atoms with E-state index >= 15 is 0 Å². The Kier molecular flexibility index (Phi) is 5.43. The fraction of sp³-hybridized carbons (Fsp3) is 0.444. The Hall–Kier alpha value is -2.28. The molecule has 7 heteroatoms. The first-order chi connectivity index (χ1) is 12.1. The molecular formula is C18H22N4O2S. The second kappa shape index (κ2) is 7.74. The van der Waals surface area contributed by atoms with Crippen LogP contribution in [0.3, 0.4) is 0 Å². The Morgan fingerprint density at radius 1 is 1.32 bits per heavy atom. The SMILES string of the molecule is CCc1ncc(C(=O)N2CCCC(C(=O)Nc3ccc(C)cn3)C2)s1. The second-order valence-electron chi connectivity index (χ2n) is 6.27. The van der Waals surface area contributed by atoms with Gasteiger partial charge in [0.2, 0.25) is 5.91 Å². The van der Waals surface area contributed by atoms with Crippen LogP contribution in [0.25, 0.3) is 0 Å². The van der Waals surface area contributed by atoms with Gasteiger partial charge >= 0.3 is 0 Å². The summed E-state index contributed by atoms with van der Waals surface area (Å²) in [5.41, 5.74) is 1.04. The molecule has 2 aromatic rings. The largest absolute Gasteiger partial charge is 0.337 e. The van der Waals surface area contributed by atoms with Crippen LogP contribution in [0.15, 0.2) is 24.5 Å². The van der Waals surface area contributed by atoms with Crippen molar-refractivity contribution in [1.82, 2.24) is 14.9 Å². The highest BCUT2D eigenvalue weighted by atomic mass is 32.1. The minimum atomic E-state index is -0.209. The predicted octanol–water partition coefficient (Wildman–Crippen LogP) is 2.90. The predicted molar refractivity (Wildman–Crippen MR) is 97.7 cm³/mol. The van der Waals surface area contributed by atoms with E-state index in [1.54, 1.807) is 23.4 Å². The van der Waals surface area contributed by atoms with Crippen molar-refractivity contribution in [2.75, 3.05) is 18.4 Å². The van der Waals surface area contributed by atoms with Gasteiger partial charge in [-0.1, -0.05) is 13.0 Å². The van der Waals surface area contributed by atoms with E-state index in [4.69, 9.17) is 0 Å². The molecule has 0 bridgehead atoms. The van der Waals surface area contributed by atoms with Crippen molar-refractivity contribution in [2.45, 2.75) is 33.1 Å². The quantitative estimate of drug-likeness (QED) is 0.912. The van der Waals surface area contributed by atoms with Crippen molar-refractivity contribution in [1.29, 1.82) is 0 Å². The number of carbonyl (C=O) groups is 2. The molecule has 3 rings (SSSR count). The molecule has 0 aliphatic carbocycles. The minimum Gasteiger partial charge on any atom is -0.337 e. The number of aryl methyl sites for hydroxylation is 2. The summed E-state index contributed by atoms with van der Waals surface area (Å²) in [6.45, 7) is 5.10. The summed E-state index contributed by atoms with van der Waals surface area (Å²) < 4.78 is 0. The topological polar surface area (TPSA) is 75.2 Å². The summed E-state index contributed by atoms with van der Waals surface area (Å²) in [6.07, 6.45) is 5.80. The number of nitrogens with zero attached hydrogens (tertiary/aromatic N) is 3. The number of amides is 2. The molecule has 0 saturated carbocycles. The van der Waals surface area contributed by atoms with E-state index in [2.05, 4.69) is 15.3 Å². The number of likely N-dealkylation sites (tertiary alicyclic amines) is 1. The van der Waals surface area contributed by atoms with Gasteiger partial charge in [0.05, 0.1) is 17.1 Å². The van der Waals surface area contributed by atoms with Gasteiger partial charge in [-0.2, -0.15) is 0 Å². The third kappa shape index (κ3) is 4.22. The number of anilines is 1. The second-order valence-corrected chi connectivity index (χ2v) is 7.39. The first kappa shape index (κ1) is 17.5. The molecule has 132 valence electrons. The average molecular weight is 358 g/mol. The van der Waals surface area contributed by atoms with Crippen LogP contribution < -0.4 is 5.32 Å². The van der Waals surface area contributed by atoms with E-state index in [1.165, 1.54) is 11.3 Å². The smallest absolute Gasteiger partial charge is 0.265 e. The van der Waals surface area contributed by atoms with Gasteiger partial charge in [-0.3, -0.25) is 9.59 Å². The van der Waals surface area contributed by atoms with Gasteiger partial charge in [-0.05, 0) is 37.8 Å². The van der Waals surface area contributed by atoms with E-state index in [1.807, 2.05) is 19.9 Å². The van der Waals surface area contributed by atoms with Crippen LogP contribution in [-0.4, -0.2) is 39.8 Å². The molecule has 6 nitrogen and oxygen atoms in total. The van der Waals surface area contributed by atoms with Crippen LogP contribution in [0, 0.1) is 12.8 Å². The molecule has 25 heavy (non-hydrogen) atoms. The lowest BCUT2D eigenvalue weighted by molar-refractivity contribution is -0.121. The maximum atomic E-state index is 12.6. The number of pyridine rings is 1. The zero-order chi connectivity index (χ0) is 17.8. The number of hydrogen-bond acceptors (Lipinski definition) is 5. The monoisotopic (exact) mass is 358 g/mol. The normalized spacial score (nSPS) is 17.4. The van der Waals surface area contributed by atoms with Crippen molar-refractivity contribution in [2.24, 2.45) is 5.92 Å². The lowest BCUT2D eigenvalue weighted by Gasteiger charge is -2.31. The summed E-state index contributed by atoms with van der Waals surface area (Å²) in [4.78, 5) is 36.0. The van der Waals surface area contributed by atoms with E-state index in [0.29, 0.717) is 23.8 Å². The Labute approximate surface area is 151 Å². The Morgan fingerprint density at radius 2 is 2.16 bits per heavy atom. The maximum Gasteiger partial charge on any atom is 0.265 e. The lowest BCUT2D eigenvalue weighted by atomic mass is 9.97. The number of rotatable bonds is 4. The first-order valence-electron chi connectivity index (χ1n) is 8.54.